The highest BCUT2D eigenvalue weighted by Crippen LogP contribution is 2.11. The van der Waals surface area contributed by atoms with Crippen molar-refractivity contribution in [2.24, 2.45) is 0 Å². The molecule has 2 rings (SSSR count). The van der Waals surface area contributed by atoms with E-state index in [-0.39, 0.29) is 5.54 Å². The van der Waals surface area contributed by atoms with Crippen LogP contribution in [0.1, 0.15) is 13.8 Å². The quantitative estimate of drug-likeness (QED) is 0.776. The van der Waals surface area contributed by atoms with Gasteiger partial charge in [-0.25, -0.2) is 4.98 Å². The second-order valence-corrected chi connectivity index (χ2v) is 5.78. The predicted octanol–water partition coefficient (Wildman–Crippen LogP) is 1.69. The van der Waals surface area contributed by atoms with Crippen LogP contribution in [0.2, 0.25) is 0 Å². The van der Waals surface area contributed by atoms with Crippen molar-refractivity contribution in [1.29, 1.82) is 0 Å². The van der Waals surface area contributed by atoms with Crippen LogP contribution in [0.5, 0.6) is 5.75 Å². The first-order chi connectivity index (χ1) is 10.1. The van der Waals surface area contributed by atoms with E-state index >= 15 is 0 Å². The normalized spacial score (nSPS) is 13.1. The minimum atomic E-state index is -0.463. The average Bonchev–Trinajstić information content (AvgIpc) is 2.97. The number of ether oxygens (including phenoxy) is 1. The molecule has 0 bridgehead atoms. The molecule has 5 nitrogen and oxygen atoms in total. The SMILES string of the molecule is CC(C)(COc1ccccc1)NCC(O)Cn1ccnc1. The zero-order valence-electron chi connectivity index (χ0n) is 12.6. The number of imidazole rings is 1. The van der Waals surface area contributed by atoms with Crippen LogP contribution >= 0.6 is 0 Å². The molecule has 1 atom stereocenters. The highest BCUT2D eigenvalue weighted by atomic mass is 16.5. The summed E-state index contributed by atoms with van der Waals surface area (Å²) in [5, 5.41) is 13.4. The minimum Gasteiger partial charge on any atom is -0.492 e. The smallest absolute Gasteiger partial charge is 0.119 e. The van der Waals surface area contributed by atoms with Crippen molar-refractivity contribution in [3.05, 3.63) is 49.1 Å². The van der Waals surface area contributed by atoms with Crippen molar-refractivity contribution in [1.82, 2.24) is 14.9 Å². The number of aliphatic hydroxyl groups excluding tert-OH is 1. The van der Waals surface area contributed by atoms with E-state index in [9.17, 15) is 5.11 Å². The van der Waals surface area contributed by atoms with Crippen molar-refractivity contribution >= 4 is 0 Å². The second-order valence-electron chi connectivity index (χ2n) is 5.78. The molecule has 0 amide bonds. The topological polar surface area (TPSA) is 59.3 Å². The van der Waals surface area contributed by atoms with Gasteiger partial charge in [0.05, 0.1) is 19.0 Å². The van der Waals surface area contributed by atoms with Gasteiger partial charge in [0, 0.05) is 24.5 Å². The lowest BCUT2D eigenvalue weighted by molar-refractivity contribution is 0.127. The van der Waals surface area contributed by atoms with Gasteiger partial charge >= 0.3 is 0 Å². The fraction of sp³-hybridized carbons (Fsp3) is 0.438. The van der Waals surface area contributed by atoms with E-state index in [1.54, 1.807) is 12.5 Å². The molecule has 1 aromatic carbocycles. The molecular weight excluding hydrogens is 266 g/mol. The highest BCUT2D eigenvalue weighted by molar-refractivity contribution is 5.21. The van der Waals surface area contributed by atoms with Crippen molar-refractivity contribution in [2.45, 2.75) is 32.0 Å². The molecule has 5 heteroatoms. The lowest BCUT2D eigenvalue weighted by Crippen LogP contribution is -2.48. The van der Waals surface area contributed by atoms with E-state index in [0.29, 0.717) is 19.7 Å². The largest absolute Gasteiger partial charge is 0.492 e. The third-order valence-corrected chi connectivity index (χ3v) is 3.14. The number of hydrogen-bond acceptors (Lipinski definition) is 4. The molecule has 21 heavy (non-hydrogen) atoms. The maximum atomic E-state index is 10.0. The molecule has 0 spiro atoms. The van der Waals surface area contributed by atoms with Crippen LogP contribution in [-0.4, -0.2) is 39.5 Å². The summed E-state index contributed by atoms with van der Waals surface area (Å²) >= 11 is 0. The van der Waals surface area contributed by atoms with Crippen LogP contribution in [0.15, 0.2) is 49.1 Å². The Kier molecular flexibility index (Phi) is 5.36. The summed E-state index contributed by atoms with van der Waals surface area (Å²) in [6.07, 6.45) is 4.78. The fourth-order valence-corrected chi connectivity index (χ4v) is 1.93. The Balaban J connectivity index is 1.72. The van der Waals surface area contributed by atoms with Crippen LogP contribution in [0.25, 0.3) is 0 Å². The number of aromatic nitrogens is 2. The third kappa shape index (κ3) is 5.57. The number of aliphatic hydroxyl groups is 1. The van der Waals surface area contributed by atoms with Gasteiger partial charge in [-0.15, -0.1) is 0 Å². The Morgan fingerprint density at radius 2 is 2.10 bits per heavy atom. The Hall–Kier alpha value is -1.85. The number of benzene rings is 1. The molecule has 0 radical (unpaired) electrons. The van der Waals surface area contributed by atoms with E-state index < -0.39 is 6.10 Å². The van der Waals surface area contributed by atoms with Gasteiger partial charge < -0.3 is 19.7 Å². The van der Waals surface area contributed by atoms with E-state index in [0.717, 1.165) is 5.75 Å². The number of β-amino-alcohol motifs (C(OH)–C–C–N with tert-alkyl or cyclic N) is 1. The van der Waals surface area contributed by atoms with Crippen LogP contribution in [0, 0.1) is 0 Å². The van der Waals surface area contributed by atoms with Gasteiger partial charge in [-0.05, 0) is 26.0 Å². The van der Waals surface area contributed by atoms with Crippen molar-refractivity contribution in [3.63, 3.8) is 0 Å². The van der Waals surface area contributed by atoms with Gasteiger partial charge in [-0.2, -0.15) is 0 Å². The van der Waals surface area contributed by atoms with Crippen LogP contribution < -0.4 is 10.1 Å². The number of para-hydroxylation sites is 1. The van der Waals surface area contributed by atoms with Gasteiger partial charge in [-0.1, -0.05) is 18.2 Å². The summed E-state index contributed by atoms with van der Waals surface area (Å²) < 4.78 is 7.61. The van der Waals surface area contributed by atoms with Gasteiger partial charge in [-0.3, -0.25) is 0 Å². The Morgan fingerprint density at radius 1 is 1.33 bits per heavy atom. The van der Waals surface area contributed by atoms with Gasteiger partial charge in [0.1, 0.15) is 12.4 Å². The van der Waals surface area contributed by atoms with E-state index in [1.807, 2.05) is 41.1 Å². The van der Waals surface area contributed by atoms with Crippen molar-refractivity contribution in [2.75, 3.05) is 13.2 Å². The standard InChI is InChI=1S/C16H23N3O2/c1-16(2,12-21-15-6-4-3-5-7-15)18-10-14(20)11-19-9-8-17-13-19/h3-9,13-14,18,20H,10-12H2,1-2H3. The number of nitrogens with zero attached hydrogens (tertiary/aromatic N) is 2. The first-order valence-electron chi connectivity index (χ1n) is 7.12. The lowest BCUT2D eigenvalue weighted by Gasteiger charge is -2.28. The molecule has 0 aliphatic heterocycles. The van der Waals surface area contributed by atoms with Gasteiger partial charge in [0.25, 0.3) is 0 Å². The third-order valence-electron chi connectivity index (χ3n) is 3.14. The summed E-state index contributed by atoms with van der Waals surface area (Å²) in [6.45, 7) is 5.68. The number of hydrogen-bond donors (Lipinski definition) is 2. The molecule has 114 valence electrons. The Bertz CT molecular complexity index is 512. The van der Waals surface area contributed by atoms with Gasteiger partial charge in [0.2, 0.25) is 0 Å². The van der Waals surface area contributed by atoms with Crippen LogP contribution in [-0.2, 0) is 6.54 Å². The summed E-state index contributed by atoms with van der Waals surface area (Å²) in [6, 6.07) is 9.73. The molecular formula is C16H23N3O2. The Labute approximate surface area is 125 Å². The molecule has 1 heterocycles. The highest BCUT2D eigenvalue weighted by Gasteiger charge is 2.19. The van der Waals surface area contributed by atoms with Crippen LogP contribution in [0.3, 0.4) is 0 Å². The van der Waals surface area contributed by atoms with Crippen molar-refractivity contribution in [3.8, 4) is 5.75 Å². The first kappa shape index (κ1) is 15.5. The van der Waals surface area contributed by atoms with Crippen molar-refractivity contribution < 1.29 is 9.84 Å². The lowest BCUT2D eigenvalue weighted by atomic mass is 10.1. The molecule has 1 unspecified atom stereocenters. The van der Waals surface area contributed by atoms with E-state index in [2.05, 4.69) is 24.1 Å². The molecule has 2 aromatic rings. The number of nitrogens with one attached hydrogen (secondary N) is 1. The van der Waals surface area contributed by atoms with Gasteiger partial charge in [0.15, 0.2) is 0 Å². The molecule has 1 aromatic heterocycles. The average molecular weight is 289 g/mol. The molecule has 0 aliphatic carbocycles. The summed E-state index contributed by atoms with van der Waals surface area (Å²) in [5.41, 5.74) is -0.217. The zero-order valence-corrected chi connectivity index (χ0v) is 12.6. The maximum Gasteiger partial charge on any atom is 0.119 e. The Morgan fingerprint density at radius 3 is 2.76 bits per heavy atom. The predicted molar refractivity (Wildman–Crippen MR) is 82.3 cm³/mol. The first-order valence-corrected chi connectivity index (χ1v) is 7.12. The minimum absolute atomic E-state index is 0.217. The molecule has 0 fully saturated rings. The number of rotatable bonds is 8. The summed E-state index contributed by atoms with van der Waals surface area (Å²) in [5.74, 6) is 0.853. The molecule has 2 N–H and O–H groups in total. The van der Waals surface area contributed by atoms with Crippen LogP contribution in [0.4, 0.5) is 0 Å². The monoisotopic (exact) mass is 289 g/mol. The molecule has 0 saturated carbocycles. The molecule has 0 aliphatic rings. The molecule has 0 saturated heterocycles. The second kappa shape index (κ2) is 7.24. The van der Waals surface area contributed by atoms with E-state index in [4.69, 9.17) is 4.74 Å². The summed E-state index contributed by atoms with van der Waals surface area (Å²) in [7, 11) is 0. The summed E-state index contributed by atoms with van der Waals surface area (Å²) in [4.78, 5) is 3.96. The zero-order chi connectivity index (χ0) is 15.1. The fourth-order valence-electron chi connectivity index (χ4n) is 1.93. The van der Waals surface area contributed by atoms with E-state index in [1.165, 1.54) is 0 Å². The maximum absolute atomic E-state index is 10.0.